The van der Waals surface area contributed by atoms with Gasteiger partial charge in [0.1, 0.15) is 90.3 Å². The molecule has 5 aliphatic rings. The van der Waals surface area contributed by atoms with Gasteiger partial charge in [-0.3, -0.25) is 60.4 Å². The van der Waals surface area contributed by atoms with Crippen molar-refractivity contribution in [1.29, 1.82) is 0 Å². The molecule has 9 unspecified atom stereocenters. The first-order valence-electron chi connectivity index (χ1n) is 27.6. The van der Waals surface area contributed by atoms with Crippen molar-refractivity contribution in [2.24, 2.45) is 7.05 Å². The van der Waals surface area contributed by atoms with Crippen LogP contribution in [0.1, 0.15) is 24.9 Å². The highest BCUT2D eigenvalue weighted by molar-refractivity contribution is 7.66. The van der Waals surface area contributed by atoms with E-state index in [0.29, 0.717) is 0 Å². The summed E-state index contributed by atoms with van der Waals surface area (Å²) in [4.78, 5) is 120. The van der Waals surface area contributed by atoms with Crippen LogP contribution in [0, 0.1) is 0 Å². The molecule has 21 atom stereocenters. The summed E-state index contributed by atoms with van der Waals surface area (Å²) in [6, 6.07) is 0. The van der Waals surface area contributed by atoms with Crippen LogP contribution >= 0.6 is 39.1 Å². The number of nitrogens with two attached hydrogens (primary N) is 4. The van der Waals surface area contributed by atoms with Crippen molar-refractivity contribution in [2.45, 2.75) is 97.7 Å². The first-order valence-corrected chi connectivity index (χ1v) is 35.1. The van der Waals surface area contributed by atoms with Crippen molar-refractivity contribution in [3.8, 4) is 0 Å². The van der Waals surface area contributed by atoms with Gasteiger partial charge >= 0.3 is 44.7 Å². The lowest BCUT2D eigenvalue weighted by Gasteiger charge is -2.32. The number of nitrogen functional groups attached to an aromatic ring is 4. The molecule has 19 N–H and O–H groups in total. The van der Waals surface area contributed by atoms with E-state index in [-0.39, 0.29) is 68.2 Å². The van der Waals surface area contributed by atoms with Gasteiger partial charge < -0.3 is 91.5 Å². The molecular weight excluding hydrogens is 1420 g/mol. The Kier molecular flexibility index (Phi) is 17.8. The molecule has 13 heterocycles. The molecule has 0 aliphatic carbocycles. The number of nitrogens with zero attached hydrogens (tertiary/aromatic N) is 14. The lowest BCUT2D eigenvalue weighted by Crippen LogP contribution is -2.46. The van der Waals surface area contributed by atoms with E-state index >= 15 is 4.39 Å². The number of aryl methyl sites for hydroxylation is 1. The fraction of sp³-hybridized carbons (Fsp3) is 0.524. The second-order valence-corrected chi connectivity index (χ2v) is 29.4. The fourth-order valence-corrected chi connectivity index (χ4v) is 16.8. The number of aliphatic hydroxyl groups excluding tert-OH is 4. The van der Waals surface area contributed by atoms with E-state index < -0.39 is 181 Å². The predicted octanol–water partition coefficient (Wildman–Crippen LogP) is -4.80. The lowest BCUT2D eigenvalue weighted by molar-refractivity contribution is -0.646. The van der Waals surface area contributed by atoms with Gasteiger partial charge in [0.25, 0.3) is 16.7 Å². The minimum absolute atomic E-state index is 0.00256. The Hall–Kier alpha value is -6.80. The van der Waals surface area contributed by atoms with E-state index in [1.807, 2.05) is 0 Å². The van der Waals surface area contributed by atoms with Crippen molar-refractivity contribution in [1.82, 2.24) is 73.1 Å². The van der Waals surface area contributed by atoms with Crippen LogP contribution in [0.25, 0.3) is 44.7 Å². The molecule has 8 aromatic rings. The highest BCUT2D eigenvalue weighted by Crippen LogP contribution is 2.68. The summed E-state index contributed by atoms with van der Waals surface area (Å²) in [7, 11) is -28.5. The number of phosphoric acid groups is 5. The monoisotopic (exact) mass is 1480 g/mol. The first kappa shape index (κ1) is 68.7. The van der Waals surface area contributed by atoms with Gasteiger partial charge in [0, 0.05) is 0 Å². The standard InChI is InChI=1S/C42H52FN20O29P5/c1-59-12-63(33-20(59)35(69)58-41(47)56-33)38-24(67)22(65)14(86-38)3-82-95(74,75)91-97(78,79)92-96(76,77)83-4-15-25(16(43)36(87-15)60-9-52-17-28(44)48-7-50-30(17)60)89-94(72,73)84-6-42-5-80-26(39(88-42)61-10-53-18-29(45)49-8-51-31(18)61)27(42)90-93(70,71)81-2-13-21(64)23(66)37(85-13)62-11-54-19-32(62)55-40(46)57-34(19)68/h7-16,21-27,36-39,64-67H,2-6H2,1H3,(H14-,44,45,46,47,48,49,50,51,55,56,57,58,68,69,70,71,72,73,74,75,76,77,78,79)/p+1/t13-,14-,15-,16+,21?,22?,23+,24+,25?,26+,27?,36-,37-,38-,39-,42-/m1/s1. The Morgan fingerprint density at radius 1 is 0.588 bits per heavy atom. The van der Waals surface area contributed by atoms with E-state index in [1.165, 1.54) is 22.5 Å². The number of aliphatic hydroxyl groups is 4. The quantitative estimate of drug-likeness (QED) is 0.0199. The normalized spacial score (nSPS) is 32.1. The maximum absolute atomic E-state index is 17.1. The van der Waals surface area contributed by atoms with Gasteiger partial charge in [-0.1, -0.05) is 0 Å². The molecule has 5 saturated heterocycles. The molecule has 0 amide bonds. The van der Waals surface area contributed by atoms with E-state index in [4.69, 9.17) is 73.8 Å². The number of aromatic nitrogens is 16. The van der Waals surface area contributed by atoms with Crippen LogP contribution in [0.15, 0.2) is 47.6 Å². The minimum Gasteiger partial charge on any atom is -0.387 e. The van der Waals surface area contributed by atoms with Crippen LogP contribution < -0.4 is 38.6 Å². The van der Waals surface area contributed by atoms with Crippen LogP contribution in [0.4, 0.5) is 27.9 Å². The van der Waals surface area contributed by atoms with E-state index in [2.05, 4.69) is 63.4 Å². The molecule has 5 aliphatic heterocycles. The maximum atomic E-state index is 17.1. The zero-order valence-corrected chi connectivity index (χ0v) is 53.0. The van der Waals surface area contributed by atoms with Crippen LogP contribution in [-0.4, -0.2) is 224 Å². The summed E-state index contributed by atoms with van der Waals surface area (Å²) in [6.45, 7) is -5.70. The predicted molar refractivity (Wildman–Crippen MR) is 306 cm³/mol. The molecule has 2 bridgehead atoms. The number of phosphoric ester groups is 4. The average Bonchev–Trinajstić information content (AvgIpc) is 1.52. The summed E-state index contributed by atoms with van der Waals surface area (Å²) < 4.78 is 159. The number of fused-ring (bicyclic) bond motifs is 6. The molecule has 55 heteroatoms. The zero-order chi connectivity index (χ0) is 69.4. The Balaban J connectivity index is 0.698. The highest BCUT2D eigenvalue weighted by Gasteiger charge is 2.66. The number of nitrogens with one attached hydrogen (secondary N) is 2. The van der Waals surface area contributed by atoms with Crippen LogP contribution in [0.3, 0.4) is 0 Å². The molecule has 0 saturated carbocycles. The molecule has 97 heavy (non-hydrogen) atoms. The van der Waals surface area contributed by atoms with Crippen molar-refractivity contribution in [3.05, 3.63) is 58.7 Å². The van der Waals surface area contributed by atoms with Crippen LogP contribution in [-0.2, 0) is 89.3 Å². The number of alkyl halides is 1. The molecule has 8 aromatic heterocycles. The number of H-pyrrole nitrogens is 2. The molecule has 49 nitrogen and oxygen atoms in total. The van der Waals surface area contributed by atoms with E-state index in [0.717, 1.165) is 45.3 Å². The SMILES string of the molecule is C[n+]1cn([C@@H]2O[C@H](COP(=O)(O)OP(=O)(O)OP(=O)(O)OC[C@H]3O[C@@H](n4cnc5c(N)ncnc54)[C@@H](F)C3OP(=O)(O)OC[C@]34CO[C@@H](C3OP(=O)(O)OC[C@H]3O[C@@H](n5cnc6c(=O)[nH]c(N)nc65)[C@@H](O)C3O)[C@H](n3cnc5c(N)ncnc53)O4)C(O)[C@@H]2O)c2nc(N)[nH]c(=O)c21. The van der Waals surface area contributed by atoms with Crippen LogP contribution in [0.5, 0.6) is 0 Å². The summed E-state index contributed by atoms with van der Waals surface area (Å²) >= 11 is 0. The zero-order valence-electron chi connectivity index (χ0n) is 48.5. The third-order valence-electron chi connectivity index (χ3n) is 15.6. The number of hydrogen-bond donors (Lipinski definition) is 15. The van der Waals surface area contributed by atoms with Crippen LogP contribution in [0.2, 0.25) is 0 Å². The Morgan fingerprint density at radius 2 is 1.07 bits per heavy atom. The van der Waals surface area contributed by atoms with E-state index in [9.17, 15) is 77.3 Å². The summed E-state index contributed by atoms with van der Waals surface area (Å²) in [5.74, 6) is -1.01. The molecule has 0 aromatic carbocycles. The number of hydrogen-bond acceptors (Lipinski definition) is 37. The fourth-order valence-electron chi connectivity index (χ4n) is 11.3. The molecule has 13 rings (SSSR count). The first-order chi connectivity index (χ1) is 45.6. The van der Waals surface area contributed by atoms with Gasteiger partial charge in [-0.15, -0.1) is 0 Å². The van der Waals surface area contributed by atoms with Gasteiger partial charge in [0.05, 0.1) is 59.1 Å². The Bertz CT molecular complexity index is 4780. The van der Waals surface area contributed by atoms with Crippen molar-refractivity contribution < 1.29 is 136 Å². The number of rotatable bonds is 24. The molecule has 0 radical (unpaired) electrons. The largest absolute Gasteiger partial charge is 0.490 e. The van der Waals surface area contributed by atoms with Gasteiger partial charge in [-0.05, 0) is 0 Å². The maximum Gasteiger partial charge on any atom is 0.490 e. The molecule has 526 valence electrons. The van der Waals surface area contributed by atoms with Gasteiger partial charge in [-0.2, -0.15) is 23.2 Å². The average molecular weight is 1480 g/mol. The van der Waals surface area contributed by atoms with Gasteiger partial charge in [-0.25, -0.2) is 66.7 Å². The summed E-state index contributed by atoms with van der Waals surface area (Å²) in [5.41, 5.74) is 18.6. The topological polar surface area (TPSA) is 697 Å². The third kappa shape index (κ3) is 13.0. The second-order valence-electron chi connectivity index (χ2n) is 21.9. The second kappa shape index (κ2) is 25.1. The Morgan fingerprint density at radius 3 is 1.66 bits per heavy atom. The molecule has 5 fully saturated rings. The van der Waals surface area contributed by atoms with Gasteiger partial charge in [0.15, 0.2) is 58.9 Å². The minimum atomic E-state index is -6.35. The lowest BCUT2D eigenvalue weighted by atomic mass is 10.0. The third-order valence-corrected chi connectivity index (χ3v) is 21.8. The number of anilines is 4. The number of aromatic amines is 2. The molecule has 0 spiro atoms. The van der Waals surface area contributed by atoms with Crippen molar-refractivity contribution in [2.75, 3.05) is 56.0 Å². The number of ether oxygens (including phenoxy) is 5. The number of imidazole rings is 4. The summed E-state index contributed by atoms with van der Waals surface area (Å²) in [5, 5.41) is 43.6. The van der Waals surface area contributed by atoms with Crippen molar-refractivity contribution >= 4 is 107 Å². The number of halogens is 1. The van der Waals surface area contributed by atoms with Crippen molar-refractivity contribution in [3.63, 3.8) is 0 Å². The summed E-state index contributed by atoms with van der Waals surface area (Å²) in [6.07, 6.45) is -21.9. The highest BCUT2D eigenvalue weighted by atomic mass is 31.3. The smallest absolute Gasteiger partial charge is 0.387 e. The van der Waals surface area contributed by atoms with Gasteiger partial charge in [0.2, 0.25) is 24.5 Å². The molecular formula is C42H53FN20O29P5+. The van der Waals surface area contributed by atoms with E-state index in [1.54, 1.807) is 0 Å². The Labute approximate surface area is 534 Å².